The Balaban J connectivity index is 2.77. The molecular weight excluding hydrogens is 164 g/mol. The highest BCUT2D eigenvalue weighted by Crippen LogP contribution is 2.16. The van der Waals surface area contributed by atoms with E-state index in [1.165, 1.54) is 0 Å². The summed E-state index contributed by atoms with van der Waals surface area (Å²) in [4.78, 5) is 15.6. The van der Waals surface area contributed by atoms with Gasteiger partial charge in [0, 0.05) is 12.3 Å². The molecule has 0 radical (unpaired) electrons. The fraction of sp³-hybridized carbons (Fsp3) is 0.800. The molecule has 1 N–H and O–H groups in total. The molecule has 0 aromatic rings. The molecule has 1 amide bonds. The van der Waals surface area contributed by atoms with Crippen LogP contribution in [0.15, 0.2) is 4.99 Å². The highest BCUT2D eigenvalue weighted by Gasteiger charge is 2.22. The van der Waals surface area contributed by atoms with E-state index in [-0.39, 0.29) is 11.4 Å². The number of carbonyl (C=O) groups excluding carboxylic acids is 1. The third-order valence-electron chi connectivity index (χ3n) is 1.99. The standard InChI is InChI=1S/C10H18N2O/c1-7-5-6-8(13)11-9(7)12-10(2,3)4/h7H,5-6H2,1-4H3,(H,11,12,13). The maximum absolute atomic E-state index is 11.1. The molecule has 13 heavy (non-hydrogen) atoms. The summed E-state index contributed by atoms with van der Waals surface area (Å²) in [5.74, 6) is 1.33. The molecule has 1 fully saturated rings. The van der Waals surface area contributed by atoms with Crippen molar-refractivity contribution in [3.8, 4) is 0 Å². The van der Waals surface area contributed by atoms with Crippen LogP contribution in [0.1, 0.15) is 40.5 Å². The number of amidine groups is 1. The molecule has 0 aliphatic carbocycles. The van der Waals surface area contributed by atoms with Gasteiger partial charge in [-0.3, -0.25) is 9.79 Å². The molecule has 3 nitrogen and oxygen atoms in total. The lowest BCUT2D eigenvalue weighted by Crippen LogP contribution is -2.41. The van der Waals surface area contributed by atoms with Crippen LogP contribution < -0.4 is 5.32 Å². The van der Waals surface area contributed by atoms with Gasteiger partial charge in [-0.1, -0.05) is 6.92 Å². The van der Waals surface area contributed by atoms with Crippen molar-refractivity contribution >= 4 is 11.7 Å². The Kier molecular flexibility index (Phi) is 2.74. The van der Waals surface area contributed by atoms with Crippen LogP contribution in [0.3, 0.4) is 0 Å². The van der Waals surface area contributed by atoms with Gasteiger partial charge in [-0.15, -0.1) is 0 Å². The van der Waals surface area contributed by atoms with Crippen molar-refractivity contribution in [1.82, 2.24) is 5.32 Å². The van der Waals surface area contributed by atoms with Crippen molar-refractivity contribution in [2.75, 3.05) is 0 Å². The number of carbonyl (C=O) groups is 1. The Morgan fingerprint density at radius 1 is 1.46 bits per heavy atom. The third kappa shape index (κ3) is 3.17. The van der Waals surface area contributed by atoms with Gasteiger partial charge in [-0.25, -0.2) is 0 Å². The summed E-state index contributed by atoms with van der Waals surface area (Å²) < 4.78 is 0. The van der Waals surface area contributed by atoms with Gasteiger partial charge in [0.25, 0.3) is 0 Å². The van der Waals surface area contributed by atoms with Gasteiger partial charge < -0.3 is 5.32 Å². The molecule has 1 rings (SSSR count). The quantitative estimate of drug-likeness (QED) is 0.609. The number of aliphatic imine (C=N–C) groups is 1. The van der Waals surface area contributed by atoms with Crippen molar-refractivity contribution in [3.63, 3.8) is 0 Å². The van der Waals surface area contributed by atoms with E-state index in [1.807, 2.05) is 20.8 Å². The first-order valence-electron chi connectivity index (χ1n) is 4.78. The van der Waals surface area contributed by atoms with E-state index in [4.69, 9.17) is 0 Å². The molecular formula is C10H18N2O. The molecule has 0 bridgehead atoms. The van der Waals surface area contributed by atoms with E-state index in [0.29, 0.717) is 12.3 Å². The molecule has 1 saturated heterocycles. The first-order chi connectivity index (χ1) is 5.88. The van der Waals surface area contributed by atoms with Crippen LogP contribution in [0, 0.1) is 5.92 Å². The summed E-state index contributed by atoms with van der Waals surface area (Å²) in [5, 5.41) is 2.83. The monoisotopic (exact) mass is 182 g/mol. The molecule has 0 spiro atoms. The van der Waals surface area contributed by atoms with Crippen LogP contribution in [0.4, 0.5) is 0 Å². The zero-order valence-electron chi connectivity index (χ0n) is 8.85. The average Bonchev–Trinajstić information content (AvgIpc) is 1.94. The molecule has 0 aromatic carbocycles. The number of piperidine rings is 1. The number of hydrogen-bond acceptors (Lipinski definition) is 2. The van der Waals surface area contributed by atoms with Gasteiger partial charge in [-0.2, -0.15) is 0 Å². The number of nitrogens with zero attached hydrogens (tertiary/aromatic N) is 1. The first-order valence-corrected chi connectivity index (χ1v) is 4.78. The lowest BCUT2D eigenvalue weighted by molar-refractivity contribution is -0.120. The van der Waals surface area contributed by atoms with E-state index < -0.39 is 0 Å². The van der Waals surface area contributed by atoms with E-state index in [2.05, 4.69) is 17.2 Å². The molecule has 0 saturated carbocycles. The molecule has 3 heteroatoms. The number of hydrogen-bond donors (Lipinski definition) is 1. The van der Waals surface area contributed by atoms with Crippen molar-refractivity contribution in [2.24, 2.45) is 10.9 Å². The Morgan fingerprint density at radius 3 is 2.62 bits per heavy atom. The molecule has 1 aliphatic rings. The second-order valence-corrected chi connectivity index (χ2v) is 4.66. The zero-order valence-corrected chi connectivity index (χ0v) is 8.85. The predicted octanol–water partition coefficient (Wildman–Crippen LogP) is 1.73. The van der Waals surface area contributed by atoms with Gasteiger partial charge >= 0.3 is 0 Å². The number of amides is 1. The van der Waals surface area contributed by atoms with Crippen LogP contribution in [-0.2, 0) is 4.79 Å². The van der Waals surface area contributed by atoms with E-state index >= 15 is 0 Å². The molecule has 0 aromatic heterocycles. The topological polar surface area (TPSA) is 41.5 Å². The lowest BCUT2D eigenvalue weighted by Gasteiger charge is -2.24. The molecule has 1 aliphatic heterocycles. The van der Waals surface area contributed by atoms with Gasteiger partial charge in [0.2, 0.25) is 5.91 Å². The summed E-state index contributed by atoms with van der Waals surface area (Å²) in [6, 6.07) is 0. The third-order valence-corrected chi connectivity index (χ3v) is 1.99. The first kappa shape index (κ1) is 10.2. The maximum atomic E-state index is 11.1. The summed E-state index contributed by atoms with van der Waals surface area (Å²) >= 11 is 0. The molecule has 74 valence electrons. The van der Waals surface area contributed by atoms with Gasteiger partial charge in [-0.05, 0) is 27.2 Å². The minimum Gasteiger partial charge on any atom is -0.314 e. The van der Waals surface area contributed by atoms with Crippen LogP contribution in [0.5, 0.6) is 0 Å². The summed E-state index contributed by atoms with van der Waals surface area (Å²) in [7, 11) is 0. The predicted molar refractivity (Wildman–Crippen MR) is 53.7 cm³/mol. The van der Waals surface area contributed by atoms with E-state index in [1.54, 1.807) is 0 Å². The van der Waals surface area contributed by atoms with Crippen LogP contribution in [0.25, 0.3) is 0 Å². The van der Waals surface area contributed by atoms with Crippen molar-refractivity contribution in [3.05, 3.63) is 0 Å². The minimum atomic E-state index is -0.103. The Bertz CT molecular complexity index is 238. The normalized spacial score (nSPS) is 27.5. The van der Waals surface area contributed by atoms with Crippen molar-refractivity contribution in [2.45, 2.75) is 46.1 Å². The number of nitrogens with one attached hydrogen (secondary N) is 1. The minimum absolute atomic E-state index is 0.0982. The second-order valence-electron chi connectivity index (χ2n) is 4.66. The Hall–Kier alpha value is -0.860. The summed E-state index contributed by atoms with van der Waals surface area (Å²) in [6.45, 7) is 8.21. The highest BCUT2D eigenvalue weighted by atomic mass is 16.1. The Morgan fingerprint density at radius 2 is 2.08 bits per heavy atom. The smallest absolute Gasteiger partial charge is 0.225 e. The fourth-order valence-electron chi connectivity index (χ4n) is 1.31. The molecule has 1 unspecified atom stereocenters. The second kappa shape index (κ2) is 3.48. The van der Waals surface area contributed by atoms with Crippen molar-refractivity contribution < 1.29 is 4.79 Å². The average molecular weight is 182 g/mol. The molecule has 1 heterocycles. The van der Waals surface area contributed by atoms with Gasteiger partial charge in [0.15, 0.2) is 0 Å². The van der Waals surface area contributed by atoms with E-state index in [9.17, 15) is 4.79 Å². The largest absolute Gasteiger partial charge is 0.314 e. The fourth-order valence-corrected chi connectivity index (χ4v) is 1.31. The summed E-state index contributed by atoms with van der Waals surface area (Å²) in [5.41, 5.74) is -0.103. The van der Waals surface area contributed by atoms with Gasteiger partial charge in [0.1, 0.15) is 5.84 Å². The van der Waals surface area contributed by atoms with Gasteiger partial charge in [0.05, 0.1) is 5.54 Å². The van der Waals surface area contributed by atoms with Crippen molar-refractivity contribution in [1.29, 1.82) is 0 Å². The van der Waals surface area contributed by atoms with Crippen LogP contribution in [0.2, 0.25) is 0 Å². The zero-order chi connectivity index (χ0) is 10.1. The van der Waals surface area contributed by atoms with Crippen LogP contribution >= 0.6 is 0 Å². The molecule has 1 atom stereocenters. The summed E-state index contributed by atoms with van der Waals surface area (Å²) in [6.07, 6.45) is 1.55. The van der Waals surface area contributed by atoms with E-state index in [0.717, 1.165) is 12.3 Å². The van der Waals surface area contributed by atoms with Crippen LogP contribution in [-0.4, -0.2) is 17.3 Å². The Labute approximate surface area is 79.6 Å². The lowest BCUT2D eigenvalue weighted by atomic mass is 9.99. The maximum Gasteiger partial charge on any atom is 0.225 e. The number of rotatable bonds is 0. The SMILES string of the molecule is CC1CCC(=O)NC1=NC(C)(C)C. The highest BCUT2D eigenvalue weighted by molar-refractivity contribution is 6.01.